The summed E-state index contributed by atoms with van der Waals surface area (Å²) in [5.74, 6) is 0. The third kappa shape index (κ3) is 2.80. The van der Waals surface area contributed by atoms with Gasteiger partial charge in [-0.15, -0.1) is 30.6 Å². The van der Waals surface area contributed by atoms with E-state index >= 15 is 0 Å². The first-order chi connectivity index (χ1) is 5.62. The summed E-state index contributed by atoms with van der Waals surface area (Å²) in [6.07, 6.45) is 0. The van der Waals surface area contributed by atoms with Crippen LogP contribution in [0.3, 0.4) is 0 Å². The Morgan fingerprint density at radius 1 is 0.769 bits per heavy atom. The standard InChI is InChI=1S/C8H22Br2Si3/c1-7-11(3,4)13(9,10)12(5,6)8-2/h7-8H2,1-6H3. The molecule has 13 heavy (non-hydrogen) atoms. The Hall–Kier alpha value is 1.61. The van der Waals surface area contributed by atoms with Gasteiger partial charge in [-0.05, 0) is 0 Å². The van der Waals surface area contributed by atoms with Crippen molar-refractivity contribution in [2.45, 2.75) is 52.1 Å². The molecule has 0 heterocycles. The van der Waals surface area contributed by atoms with E-state index in [9.17, 15) is 0 Å². The molecule has 80 valence electrons. The monoisotopic (exact) mass is 360 g/mol. The molecule has 0 rings (SSSR count). The van der Waals surface area contributed by atoms with Crippen LogP contribution in [0.1, 0.15) is 13.8 Å². The smallest absolute Gasteiger partial charge is 0.118 e. The van der Waals surface area contributed by atoms with Crippen LogP contribution in [0.5, 0.6) is 0 Å². The van der Waals surface area contributed by atoms with Gasteiger partial charge in [0, 0.05) is 0 Å². The molecule has 0 N–H and O–H groups in total. The van der Waals surface area contributed by atoms with Gasteiger partial charge in [0.15, 0.2) is 4.35 Å². The second kappa shape index (κ2) is 4.63. The van der Waals surface area contributed by atoms with Gasteiger partial charge in [-0.25, -0.2) is 0 Å². The highest BCUT2D eigenvalue weighted by molar-refractivity contribution is 9.55. The van der Waals surface area contributed by atoms with Gasteiger partial charge in [-0.1, -0.05) is 52.1 Å². The molecule has 5 heteroatoms. The van der Waals surface area contributed by atoms with Gasteiger partial charge in [0.25, 0.3) is 0 Å². The molecule has 0 aliphatic carbocycles. The van der Waals surface area contributed by atoms with E-state index in [4.69, 9.17) is 0 Å². The van der Waals surface area contributed by atoms with E-state index in [0.717, 1.165) is 0 Å². The van der Waals surface area contributed by atoms with Crippen LogP contribution in [0.2, 0.25) is 38.3 Å². The van der Waals surface area contributed by atoms with E-state index in [1.54, 1.807) is 0 Å². The quantitative estimate of drug-likeness (QED) is 0.496. The molecule has 0 aliphatic heterocycles. The minimum absolute atomic E-state index is 1.03. The van der Waals surface area contributed by atoms with E-state index in [0.29, 0.717) is 0 Å². The van der Waals surface area contributed by atoms with Crippen LogP contribution in [-0.2, 0) is 0 Å². The Balaban J connectivity index is 4.95. The van der Waals surface area contributed by atoms with Gasteiger partial charge >= 0.3 is 0 Å². The van der Waals surface area contributed by atoms with E-state index in [2.05, 4.69) is 70.6 Å². The van der Waals surface area contributed by atoms with Crippen molar-refractivity contribution in [1.29, 1.82) is 0 Å². The molecule has 0 fully saturated rings. The highest BCUT2D eigenvalue weighted by Crippen LogP contribution is 2.42. The van der Waals surface area contributed by atoms with Crippen molar-refractivity contribution in [3.8, 4) is 0 Å². The first kappa shape index (κ1) is 14.6. The normalized spacial score (nSPS) is 14.8. The molecular weight excluding hydrogens is 340 g/mol. The lowest BCUT2D eigenvalue weighted by atomic mass is 11.0. The van der Waals surface area contributed by atoms with Crippen LogP contribution in [-0.4, -0.2) is 19.5 Å². The van der Waals surface area contributed by atoms with Gasteiger partial charge in [0.2, 0.25) is 0 Å². The van der Waals surface area contributed by atoms with Gasteiger partial charge in [-0.3, -0.25) is 0 Å². The topological polar surface area (TPSA) is 0 Å². The zero-order valence-electron chi connectivity index (χ0n) is 9.67. The van der Waals surface area contributed by atoms with Gasteiger partial charge in [0.05, 0.1) is 15.2 Å². The third-order valence-electron chi connectivity index (χ3n) is 3.47. The molecule has 0 unspecified atom stereocenters. The maximum Gasteiger partial charge on any atom is 0.181 e. The van der Waals surface area contributed by atoms with Crippen LogP contribution in [0, 0.1) is 0 Å². The number of hydrogen-bond donors (Lipinski definition) is 0. The molecule has 0 radical (unpaired) electrons. The van der Waals surface area contributed by atoms with E-state index < -0.39 is 19.5 Å². The number of rotatable bonds is 4. The maximum absolute atomic E-state index is 4.12. The zero-order valence-corrected chi connectivity index (χ0v) is 15.8. The molecular formula is C8H22Br2Si3. The van der Waals surface area contributed by atoms with Gasteiger partial charge < -0.3 is 0 Å². The fraction of sp³-hybridized carbons (Fsp3) is 1.00. The number of hydrogen-bond acceptors (Lipinski definition) is 0. The van der Waals surface area contributed by atoms with E-state index in [1.807, 2.05) is 0 Å². The SMILES string of the molecule is CC[Si](C)(C)[Si](Br)(Br)[Si](C)(C)CC. The minimum Gasteiger partial charge on any atom is -0.118 e. The first-order valence-corrected chi connectivity index (χ1v) is 19.9. The predicted molar refractivity (Wildman–Crippen MR) is 79.5 cm³/mol. The second-order valence-electron chi connectivity index (χ2n) is 5.05. The molecule has 0 spiro atoms. The molecule has 0 aromatic heterocycles. The zero-order chi connectivity index (χ0) is 10.9. The molecule has 0 nitrogen and oxygen atoms in total. The first-order valence-electron chi connectivity index (χ1n) is 5.00. The Kier molecular flexibility index (Phi) is 5.21. The summed E-state index contributed by atoms with van der Waals surface area (Å²) < 4.78 is -1.26. The highest BCUT2D eigenvalue weighted by Gasteiger charge is 2.54. The van der Waals surface area contributed by atoms with Crippen molar-refractivity contribution in [2.24, 2.45) is 0 Å². The Bertz CT molecular complexity index is 160. The van der Waals surface area contributed by atoms with Gasteiger partial charge in [-0.2, -0.15) is 0 Å². The molecule has 0 aromatic carbocycles. The van der Waals surface area contributed by atoms with Crippen LogP contribution >= 0.6 is 30.6 Å². The summed E-state index contributed by atoms with van der Waals surface area (Å²) in [7, 11) is -2.05. The molecule has 0 saturated carbocycles. The second-order valence-corrected chi connectivity index (χ2v) is 48.4. The van der Waals surface area contributed by atoms with Crippen molar-refractivity contribution < 1.29 is 0 Å². The van der Waals surface area contributed by atoms with E-state index in [1.165, 1.54) is 12.1 Å². The molecule has 0 aliphatic rings. The highest BCUT2D eigenvalue weighted by atomic mass is 79.9. The molecule has 0 saturated heterocycles. The average Bonchev–Trinajstić information content (AvgIpc) is 2.03. The third-order valence-corrected chi connectivity index (χ3v) is 73.5. The molecule has 0 bridgehead atoms. The fourth-order valence-electron chi connectivity index (χ4n) is 1.36. The van der Waals surface area contributed by atoms with Crippen molar-refractivity contribution in [2.75, 3.05) is 0 Å². The van der Waals surface area contributed by atoms with Crippen molar-refractivity contribution in [3.63, 3.8) is 0 Å². The lowest BCUT2D eigenvalue weighted by Gasteiger charge is -2.43. The Morgan fingerprint density at radius 2 is 1.00 bits per heavy atom. The lowest BCUT2D eigenvalue weighted by molar-refractivity contribution is 1.38. The molecule has 0 amide bonds. The Morgan fingerprint density at radius 3 is 1.15 bits per heavy atom. The van der Waals surface area contributed by atoms with Crippen LogP contribution < -0.4 is 0 Å². The van der Waals surface area contributed by atoms with Crippen molar-refractivity contribution in [3.05, 3.63) is 0 Å². The summed E-state index contributed by atoms with van der Waals surface area (Å²) in [5.41, 5.74) is 0. The summed E-state index contributed by atoms with van der Waals surface area (Å²) in [6, 6.07) is 2.79. The average molecular weight is 362 g/mol. The lowest BCUT2D eigenvalue weighted by Crippen LogP contribution is -2.65. The van der Waals surface area contributed by atoms with E-state index in [-0.39, 0.29) is 0 Å². The van der Waals surface area contributed by atoms with Crippen LogP contribution in [0.25, 0.3) is 0 Å². The summed E-state index contributed by atoms with van der Waals surface area (Å²) in [6.45, 7) is 14.9. The van der Waals surface area contributed by atoms with Crippen LogP contribution in [0.15, 0.2) is 0 Å². The summed E-state index contributed by atoms with van der Waals surface area (Å²) in [4.78, 5) is 0. The molecule has 0 aromatic rings. The largest absolute Gasteiger partial charge is 0.181 e. The summed E-state index contributed by atoms with van der Waals surface area (Å²) in [5, 5.41) is 0. The Labute approximate surface area is 102 Å². The number of halogens is 2. The van der Waals surface area contributed by atoms with Crippen molar-refractivity contribution >= 4 is 50.1 Å². The van der Waals surface area contributed by atoms with Gasteiger partial charge in [0.1, 0.15) is 0 Å². The van der Waals surface area contributed by atoms with Crippen molar-refractivity contribution in [1.82, 2.24) is 0 Å². The van der Waals surface area contributed by atoms with Crippen LogP contribution in [0.4, 0.5) is 0 Å². The minimum atomic E-state index is -1.26. The molecule has 0 atom stereocenters. The predicted octanol–water partition coefficient (Wildman–Crippen LogP) is 4.83. The fourth-order valence-corrected chi connectivity index (χ4v) is 42.0. The maximum atomic E-state index is 4.12. The summed E-state index contributed by atoms with van der Waals surface area (Å²) >= 11 is 8.25.